The van der Waals surface area contributed by atoms with Gasteiger partial charge in [0.2, 0.25) is 0 Å². The van der Waals surface area contributed by atoms with Gasteiger partial charge in [0.15, 0.2) is 0 Å². The summed E-state index contributed by atoms with van der Waals surface area (Å²) in [5, 5.41) is 9.27. The van der Waals surface area contributed by atoms with Gasteiger partial charge in [0, 0.05) is 18.0 Å². The van der Waals surface area contributed by atoms with Crippen LogP contribution in [0.15, 0.2) is 42.7 Å². The topological polar surface area (TPSA) is 62.7 Å². The molecule has 0 aliphatic rings. The van der Waals surface area contributed by atoms with E-state index in [1.54, 1.807) is 37.5 Å². The summed E-state index contributed by atoms with van der Waals surface area (Å²) in [5.74, 6) is -0.323. The van der Waals surface area contributed by atoms with Crippen LogP contribution in [0.25, 0.3) is 11.3 Å². The molecular weight excluding hydrogens is 241 g/mol. The second-order valence-electron chi connectivity index (χ2n) is 4.10. The number of hydrogen-bond acceptors (Lipinski definition) is 3. The van der Waals surface area contributed by atoms with Crippen LogP contribution >= 0.6 is 0 Å². The fraction of sp³-hybridized carbons (Fsp3) is 0.0667. The molecule has 0 atom stereocenters. The molecule has 1 aromatic heterocycles. The van der Waals surface area contributed by atoms with E-state index in [0.29, 0.717) is 28.0 Å². The molecule has 4 heteroatoms. The average molecular weight is 253 g/mol. The van der Waals surface area contributed by atoms with Gasteiger partial charge in [-0.05, 0) is 48.4 Å². The zero-order valence-electron chi connectivity index (χ0n) is 10.4. The van der Waals surface area contributed by atoms with E-state index in [0.717, 1.165) is 0 Å². The highest BCUT2D eigenvalue weighted by Crippen LogP contribution is 2.24. The first-order chi connectivity index (χ1) is 9.13. The number of allylic oxidation sites excluding steroid dienone is 1. The largest absolute Gasteiger partial charge is 0.397 e. The number of pyridine rings is 1. The Morgan fingerprint density at radius 2 is 1.95 bits per heavy atom. The van der Waals surface area contributed by atoms with E-state index in [9.17, 15) is 9.65 Å². The highest BCUT2D eigenvalue weighted by atomic mass is 19.1. The minimum Gasteiger partial charge on any atom is -0.397 e. The van der Waals surface area contributed by atoms with Crippen LogP contribution in [-0.4, -0.2) is 4.98 Å². The van der Waals surface area contributed by atoms with E-state index in [4.69, 9.17) is 5.73 Å². The molecule has 0 fully saturated rings. The first-order valence-electron chi connectivity index (χ1n) is 5.70. The SMILES string of the molecule is Cc1cc(F)ccc1/C(N)=C(/C#N)c1ccncc1. The van der Waals surface area contributed by atoms with Crippen LogP contribution in [0, 0.1) is 24.1 Å². The summed E-state index contributed by atoms with van der Waals surface area (Å²) >= 11 is 0. The lowest BCUT2D eigenvalue weighted by Gasteiger charge is -2.09. The normalized spacial score (nSPS) is 11.6. The van der Waals surface area contributed by atoms with E-state index < -0.39 is 0 Å². The fourth-order valence-electron chi connectivity index (χ4n) is 1.86. The summed E-state index contributed by atoms with van der Waals surface area (Å²) in [4.78, 5) is 3.90. The van der Waals surface area contributed by atoms with Gasteiger partial charge in [-0.2, -0.15) is 5.26 Å². The molecule has 2 N–H and O–H groups in total. The van der Waals surface area contributed by atoms with Crippen LogP contribution in [0.1, 0.15) is 16.7 Å². The number of hydrogen-bond donors (Lipinski definition) is 1. The van der Waals surface area contributed by atoms with Gasteiger partial charge in [-0.1, -0.05) is 0 Å². The molecular formula is C15H12FN3. The van der Waals surface area contributed by atoms with Crippen LogP contribution in [0.2, 0.25) is 0 Å². The molecule has 0 saturated carbocycles. The van der Waals surface area contributed by atoms with Gasteiger partial charge in [-0.15, -0.1) is 0 Å². The summed E-state index contributed by atoms with van der Waals surface area (Å²) in [6.07, 6.45) is 3.19. The Bertz CT molecular complexity index is 670. The molecule has 0 radical (unpaired) electrons. The Balaban J connectivity index is 2.59. The van der Waals surface area contributed by atoms with Crippen LogP contribution in [0.3, 0.4) is 0 Å². The van der Waals surface area contributed by atoms with Gasteiger partial charge in [-0.3, -0.25) is 4.98 Å². The first-order valence-corrected chi connectivity index (χ1v) is 5.70. The Kier molecular flexibility index (Phi) is 3.58. The molecule has 19 heavy (non-hydrogen) atoms. The molecule has 0 aliphatic carbocycles. The maximum atomic E-state index is 13.1. The third-order valence-electron chi connectivity index (χ3n) is 2.83. The molecule has 1 aromatic carbocycles. The average Bonchev–Trinajstić information content (AvgIpc) is 2.40. The van der Waals surface area contributed by atoms with Crippen LogP contribution < -0.4 is 5.73 Å². The van der Waals surface area contributed by atoms with Gasteiger partial charge in [0.05, 0.1) is 11.3 Å². The number of aromatic nitrogens is 1. The number of benzene rings is 1. The van der Waals surface area contributed by atoms with Crippen molar-refractivity contribution < 1.29 is 4.39 Å². The zero-order chi connectivity index (χ0) is 13.8. The van der Waals surface area contributed by atoms with Crippen molar-refractivity contribution in [2.75, 3.05) is 0 Å². The van der Waals surface area contributed by atoms with Gasteiger partial charge in [0.25, 0.3) is 0 Å². The Morgan fingerprint density at radius 3 is 2.53 bits per heavy atom. The van der Waals surface area contributed by atoms with Crippen molar-refractivity contribution in [1.82, 2.24) is 4.98 Å². The second-order valence-corrected chi connectivity index (χ2v) is 4.10. The van der Waals surface area contributed by atoms with Gasteiger partial charge in [0.1, 0.15) is 11.9 Å². The number of nitriles is 1. The molecule has 3 nitrogen and oxygen atoms in total. The minimum absolute atomic E-state index is 0.323. The van der Waals surface area contributed by atoms with Gasteiger partial charge in [-0.25, -0.2) is 4.39 Å². The highest BCUT2D eigenvalue weighted by molar-refractivity contribution is 5.96. The van der Waals surface area contributed by atoms with E-state index in [2.05, 4.69) is 11.1 Å². The number of nitrogens with zero attached hydrogens (tertiary/aromatic N) is 2. The predicted octanol–water partition coefficient (Wildman–Crippen LogP) is 2.88. The molecule has 0 amide bonds. The monoisotopic (exact) mass is 253 g/mol. The third kappa shape index (κ3) is 2.61. The van der Waals surface area contributed by atoms with Crippen molar-refractivity contribution >= 4 is 11.3 Å². The molecule has 94 valence electrons. The minimum atomic E-state index is -0.323. The Hall–Kier alpha value is -2.67. The van der Waals surface area contributed by atoms with Crippen molar-refractivity contribution in [1.29, 1.82) is 5.26 Å². The molecule has 0 unspecified atom stereocenters. The fourth-order valence-corrected chi connectivity index (χ4v) is 1.86. The van der Waals surface area contributed by atoms with Crippen LogP contribution in [0.4, 0.5) is 4.39 Å². The number of halogens is 1. The quantitative estimate of drug-likeness (QED) is 0.837. The predicted molar refractivity (Wildman–Crippen MR) is 72.0 cm³/mol. The standard InChI is InChI=1S/C15H12FN3/c1-10-8-12(16)2-3-13(10)15(18)14(9-17)11-4-6-19-7-5-11/h2-8H,18H2,1H3/b15-14+. The molecule has 0 spiro atoms. The molecule has 0 bridgehead atoms. The van der Waals surface area contributed by atoms with Crippen molar-refractivity contribution in [3.05, 3.63) is 65.2 Å². The Labute approximate surface area is 110 Å². The van der Waals surface area contributed by atoms with Crippen molar-refractivity contribution in [3.8, 4) is 6.07 Å². The lowest BCUT2D eigenvalue weighted by atomic mass is 9.98. The van der Waals surface area contributed by atoms with Crippen LogP contribution in [-0.2, 0) is 0 Å². The van der Waals surface area contributed by atoms with Gasteiger partial charge >= 0.3 is 0 Å². The van der Waals surface area contributed by atoms with Crippen molar-refractivity contribution in [2.24, 2.45) is 5.73 Å². The second kappa shape index (κ2) is 5.32. The van der Waals surface area contributed by atoms with Crippen LogP contribution in [0.5, 0.6) is 0 Å². The van der Waals surface area contributed by atoms with E-state index in [-0.39, 0.29) is 5.82 Å². The zero-order valence-corrected chi connectivity index (χ0v) is 10.4. The molecule has 1 heterocycles. The van der Waals surface area contributed by atoms with E-state index >= 15 is 0 Å². The maximum Gasteiger partial charge on any atom is 0.123 e. The Morgan fingerprint density at radius 1 is 1.26 bits per heavy atom. The number of rotatable bonds is 2. The summed E-state index contributed by atoms with van der Waals surface area (Å²) in [6.45, 7) is 1.76. The van der Waals surface area contributed by atoms with E-state index in [1.165, 1.54) is 12.1 Å². The number of nitrogens with two attached hydrogens (primary N) is 1. The lowest BCUT2D eigenvalue weighted by Crippen LogP contribution is -2.03. The smallest absolute Gasteiger partial charge is 0.123 e. The maximum absolute atomic E-state index is 13.1. The lowest BCUT2D eigenvalue weighted by molar-refractivity contribution is 0.626. The van der Waals surface area contributed by atoms with E-state index in [1.807, 2.05) is 0 Å². The van der Waals surface area contributed by atoms with Gasteiger partial charge < -0.3 is 5.73 Å². The molecule has 0 aliphatic heterocycles. The molecule has 2 aromatic rings. The summed E-state index contributed by atoms with van der Waals surface area (Å²) in [5.41, 5.74) is 8.79. The van der Waals surface area contributed by atoms with Crippen molar-refractivity contribution in [2.45, 2.75) is 6.92 Å². The summed E-state index contributed by atoms with van der Waals surface area (Å²) in [7, 11) is 0. The highest BCUT2D eigenvalue weighted by Gasteiger charge is 2.10. The first kappa shape index (κ1) is 12.8. The summed E-state index contributed by atoms with van der Waals surface area (Å²) in [6, 6.07) is 9.82. The molecule has 0 saturated heterocycles. The molecule has 2 rings (SSSR count). The third-order valence-corrected chi connectivity index (χ3v) is 2.83. The summed E-state index contributed by atoms with van der Waals surface area (Å²) < 4.78 is 13.1. The van der Waals surface area contributed by atoms with Crippen molar-refractivity contribution in [3.63, 3.8) is 0 Å². The number of aryl methyl sites for hydroxylation is 1.